The van der Waals surface area contributed by atoms with Gasteiger partial charge in [0, 0.05) is 20.2 Å². The van der Waals surface area contributed by atoms with Crippen molar-refractivity contribution in [3.63, 3.8) is 0 Å². The normalized spacial score (nSPS) is 10.6. The van der Waals surface area contributed by atoms with Gasteiger partial charge in [-0.15, -0.1) is 0 Å². The molecule has 2 aromatic carbocycles. The van der Waals surface area contributed by atoms with Crippen LogP contribution in [0.4, 0.5) is 5.69 Å². The number of benzene rings is 2. The Hall–Kier alpha value is -1.85. The standard InChI is InChI=1S/C18H13Br2NO2/c1-11-10-14(20)6-7-15(11)21-18(22)17-9-8-16(23-17)12-2-4-13(19)5-3-12/h2-10H,1H3,(H,21,22). The van der Waals surface area contributed by atoms with Crippen LogP contribution in [-0.2, 0) is 0 Å². The molecular weight excluding hydrogens is 422 g/mol. The van der Waals surface area contributed by atoms with Gasteiger partial charge in [0.1, 0.15) is 5.76 Å². The van der Waals surface area contributed by atoms with E-state index in [-0.39, 0.29) is 11.7 Å². The Balaban J connectivity index is 1.79. The number of carbonyl (C=O) groups is 1. The summed E-state index contributed by atoms with van der Waals surface area (Å²) in [6.07, 6.45) is 0. The first-order valence-electron chi connectivity index (χ1n) is 6.96. The van der Waals surface area contributed by atoms with E-state index < -0.39 is 0 Å². The smallest absolute Gasteiger partial charge is 0.291 e. The Bertz CT molecular complexity index is 854. The van der Waals surface area contributed by atoms with E-state index in [1.165, 1.54) is 0 Å². The first-order chi connectivity index (χ1) is 11.0. The molecule has 23 heavy (non-hydrogen) atoms. The van der Waals surface area contributed by atoms with E-state index in [9.17, 15) is 4.79 Å². The van der Waals surface area contributed by atoms with E-state index in [1.54, 1.807) is 12.1 Å². The first-order valence-corrected chi connectivity index (χ1v) is 8.55. The molecule has 0 unspecified atom stereocenters. The summed E-state index contributed by atoms with van der Waals surface area (Å²) in [5.74, 6) is 0.680. The minimum atomic E-state index is -0.265. The lowest BCUT2D eigenvalue weighted by Crippen LogP contribution is -2.11. The molecule has 0 fully saturated rings. The van der Waals surface area contributed by atoms with Crippen LogP contribution < -0.4 is 5.32 Å². The van der Waals surface area contributed by atoms with Gasteiger partial charge < -0.3 is 9.73 Å². The molecule has 3 rings (SSSR count). The molecular formula is C18H13Br2NO2. The van der Waals surface area contributed by atoms with Gasteiger partial charge in [0.15, 0.2) is 5.76 Å². The van der Waals surface area contributed by atoms with Gasteiger partial charge in [0.25, 0.3) is 5.91 Å². The average molecular weight is 435 g/mol. The summed E-state index contributed by atoms with van der Waals surface area (Å²) in [4.78, 5) is 12.3. The highest BCUT2D eigenvalue weighted by Gasteiger charge is 2.13. The number of anilines is 1. The van der Waals surface area contributed by atoms with Crippen LogP contribution in [0.2, 0.25) is 0 Å². The van der Waals surface area contributed by atoms with Gasteiger partial charge in [-0.3, -0.25) is 4.79 Å². The van der Waals surface area contributed by atoms with Crippen molar-refractivity contribution in [2.75, 3.05) is 5.32 Å². The van der Waals surface area contributed by atoms with Crippen molar-refractivity contribution in [1.29, 1.82) is 0 Å². The SMILES string of the molecule is Cc1cc(Br)ccc1NC(=O)c1ccc(-c2ccc(Br)cc2)o1. The number of amides is 1. The minimum absolute atomic E-state index is 0.265. The number of halogens is 2. The van der Waals surface area contributed by atoms with E-state index >= 15 is 0 Å². The second-order valence-electron chi connectivity index (χ2n) is 5.08. The number of nitrogens with one attached hydrogen (secondary N) is 1. The molecule has 1 amide bonds. The van der Waals surface area contributed by atoms with Crippen LogP contribution in [0.5, 0.6) is 0 Å². The van der Waals surface area contributed by atoms with Gasteiger partial charge in [-0.05, 0) is 55.0 Å². The van der Waals surface area contributed by atoms with E-state index in [2.05, 4.69) is 37.2 Å². The maximum absolute atomic E-state index is 12.3. The number of hydrogen-bond acceptors (Lipinski definition) is 2. The Kier molecular flexibility index (Phi) is 4.68. The Morgan fingerprint density at radius 3 is 2.35 bits per heavy atom. The fourth-order valence-electron chi connectivity index (χ4n) is 2.18. The zero-order chi connectivity index (χ0) is 16.4. The van der Waals surface area contributed by atoms with Crippen LogP contribution in [0.25, 0.3) is 11.3 Å². The van der Waals surface area contributed by atoms with Crippen molar-refractivity contribution in [1.82, 2.24) is 0 Å². The number of furan rings is 1. The fraction of sp³-hybridized carbons (Fsp3) is 0.0556. The average Bonchev–Trinajstić information content (AvgIpc) is 3.01. The number of carbonyl (C=O) groups excluding carboxylic acids is 1. The third-order valence-electron chi connectivity index (χ3n) is 3.40. The third kappa shape index (κ3) is 3.74. The summed E-state index contributed by atoms with van der Waals surface area (Å²) in [5, 5.41) is 2.87. The quantitative estimate of drug-likeness (QED) is 0.546. The van der Waals surface area contributed by atoms with Crippen molar-refractivity contribution in [3.8, 4) is 11.3 Å². The molecule has 1 aromatic heterocycles. The highest BCUT2D eigenvalue weighted by Crippen LogP contribution is 2.25. The van der Waals surface area contributed by atoms with Crippen LogP contribution in [-0.4, -0.2) is 5.91 Å². The van der Waals surface area contributed by atoms with Gasteiger partial charge in [-0.25, -0.2) is 0 Å². The molecule has 1 N–H and O–H groups in total. The lowest BCUT2D eigenvalue weighted by molar-refractivity contribution is 0.0997. The van der Waals surface area contributed by atoms with Gasteiger partial charge >= 0.3 is 0 Å². The maximum Gasteiger partial charge on any atom is 0.291 e. The Labute approximate surface area is 151 Å². The van der Waals surface area contributed by atoms with Crippen molar-refractivity contribution >= 4 is 43.5 Å². The van der Waals surface area contributed by atoms with Crippen LogP contribution in [0.3, 0.4) is 0 Å². The highest BCUT2D eigenvalue weighted by atomic mass is 79.9. The molecule has 0 saturated carbocycles. The lowest BCUT2D eigenvalue weighted by Gasteiger charge is -2.07. The van der Waals surface area contributed by atoms with Crippen molar-refractivity contribution < 1.29 is 9.21 Å². The van der Waals surface area contributed by atoms with Crippen LogP contribution in [0.15, 0.2) is 68.0 Å². The van der Waals surface area contributed by atoms with E-state index in [0.29, 0.717) is 5.76 Å². The molecule has 0 atom stereocenters. The topological polar surface area (TPSA) is 42.2 Å². The van der Waals surface area contributed by atoms with Crippen LogP contribution in [0.1, 0.15) is 16.1 Å². The van der Waals surface area contributed by atoms with Crippen molar-refractivity contribution in [3.05, 3.63) is 74.9 Å². The summed E-state index contributed by atoms with van der Waals surface area (Å²) in [5.41, 5.74) is 2.67. The minimum Gasteiger partial charge on any atom is -0.451 e. The molecule has 3 aromatic rings. The monoisotopic (exact) mass is 433 g/mol. The molecule has 0 aliphatic carbocycles. The third-order valence-corrected chi connectivity index (χ3v) is 4.42. The van der Waals surface area contributed by atoms with Gasteiger partial charge in [-0.2, -0.15) is 0 Å². The summed E-state index contributed by atoms with van der Waals surface area (Å²) >= 11 is 6.80. The lowest BCUT2D eigenvalue weighted by atomic mass is 10.2. The fourth-order valence-corrected chi connectivity index (χ4v) is 2.92. The molecule has 0 spiro atoms. The van der Waals surface area contributed by atoms with Gasteiger partial charge in [-0.1, -0.05) is 44.0 Å². The summed E-state index contributed by atoms with van der Waals surface area (Å²) in [6, 6.07) is 16.9. The van der Waals surface area contributed by atoms with E-state index in [1.807, 2.05) is 49.4 Å². The summed E-state index contributed by atoms with van der Waals surface area (Å²) in [6.45, 7) is 1.94. The molecule has 0 aliphatic heterocycles. The largest absolute Gasteiger partial charge is 0.451 e. The number of aryl methyl sites for hydroxylation is 1. The highest BCUT2D eigenvalue weighted by molar-refractivity contribution is 9.10. The maximum atomic E-state index is 12.3. The number of hydrogen-bond donors (Lipinski definition) is 1. The van der Waals surface area contributed by atoms with Crippen LogP contribution >= 0.6 is 31.9 Å². The second kappa shape index (κ2) is 6.72. The molecule has 1 heterocycles. The molecule has 116 valence electrons. The van der Waals surface area contributed by atoms with E-state index in [0.717, 1.165) is 25.8 Å². The van der Waals surface area contributed by atoms with Crippen molar-refractivity contribution in [2.45, 2.75) is 6.92 Å². The molecule has 0 radical (unpaired) electrons. The molecule has 5 heteroatoms. The van der Waals surface area contributed by atoms with Gasteiger partial charge in [0.2, 0.25) is 0 Å². The number of rotatable bonds is 3. The predicted molar refractivity (Wildman–Crippen MR) is 98.7 cm³/mol. The molecule has 0 saturated heterocycles. The molecule has 0 bridgehead atoms. The summed E-state index contributed by atoms with van der Waals surface area (Å²) < 4.78 is 7.64. The zero-order valence-electron chi connectivity index (χ0n) is 12.3. The van der Waals surface area contributed by atoms with Crippen molar-refractivity contribution in [2.24, 2.45) is 0 Å². The van der Waals surface area contributed by atoms with Gasteiger partial charge in [0.05, 0.1) is 0 Å². The molecule has 3 nitrogen and oxygen atoms in total. The Morgan fingerprint density at radius 2 is 1.65 bits per heavy atom. The summed E-state index contributed by atoms with van der Waals surface area (Å²) in [7, 11) is 0. The first kappa shape index (κ1) is 16.0. The zero-order valence-corrected chi connectivity index (χ0v) is 15.4. The van der Waals surface area contributed by atoms with E-state index in [4.69, 9.17) is 4.42 Å². The van der Waals surface area contributed by atoms with Crippen LogP contribution in [0, 0.1) is 6.92 Å². The Morgan fingerprint density at radius 1 is 0.957 bits per heavy atom. The predicted octanol–water partition coefficient (Wildman–Crippen LogP) is 6.03. The molecule has 0 aliphatic rings. The second-order valence-corrected chi connectivity index (χ2v) is 6.92.